The van der Waals surface area contributed by atoms with Crippen molar-refractivity contribution in [2.24, 2.45) is 49.7 Å². The van der Waals surface area contributed by atoms with Gasteiger partial charge < -0.3 is 10.4 Å². The smallest absolute Gasteiger partial charge is 0.230 e. The molecular formula is C38H55NO3. The van der Waals surface area contributed by atoms with Crippen LogP contribution in [0.5, 0.6) is 0 Å². The maximum Gasteiger partial charge on any atom is 0.230 e. The molecule has 0 saturated heterocycles. The number of benzene rings is 1. The Kier molecular flexibility index (Phi) is 6.49. The van der Waals surface area contributed by atoms with Crippen molar-refractivity contribution in [3.63, 3.8) is 0 Å². The Hall–Kier alpha value is -1.94. The Bertz CT molecular complexity index is 1340. The molecule has 2 N–H and O–H groups in total. The molecule has 4 heteroatoms. The quantitative estimate of drug-likeness (QED) is 0.372. The molecule has 1 amide bonds. The summed E-state index contributed by atoms with van der Waals surface area (Å²) in [6.07, 6.45) is 10.4. The minimum Gasteiger partial charge on any atom is -0.393 e. The third-order valence-electron chi connectivity index (χ3n) is 15.1. The third kappa shape index (κ3) is 3.75. The van der Waals surface area contributed by atoms with Crippen LogP contribution >= 0.6 is 0 Å². The number of aliphatic hydroxyl groups is 1. The van der Waals surface area contributed by atoms with Gasteiger partial charge in [0.25, 0.3) is 0 Å². The summed E-state index contributed by atoms with van der Waals surface area (Å²) in [5.74, 6) is 0.718. The zero-order valence-electron chi connectivity index (χ0n) is 27.7. The van der Waals surface area contributed by atoms with Gasteiger partial charge in [0.05, 0.1) is 6.10 Å². The Balaban J connectivity index is 1.40. The highest BCUT2D eigenvalue weighted by molar-refractivity contribution is 5.97. The predicted octanol–water partition coefficient (Wildman–Crippen LogP) is 8.67. The zero-order chi connectivity index (χ0) is 30.7. The molecule has 230 valence electrons. The molecule has 42 heavy (non-hydrogen) atoms. The SMILES string of the molecule is Cc1ccc(NC(=O)[C@@]2(C)CC[C@]3(C)CC[C@]4(C)C(=CC(=O)[C@H]5[C@@]6(C)CC[C@H](O)C(C)(C)[C@@H]6CC[C@@]54C)[C@]3(C)C2)cc1. The van der Waals surface area contributed by atoms with Crippen molar-refractivity contribution in [2.45, 2.75) is 126 Å². The zero-order valence-corrected chi connectivity index (χ0v) is 27.7. The van der Waals surface area contributed by atoms with Crippen LogP contribution in [0.25, 0.3) is 0 Å². The number of fused-ring (bicyclic) bond motifs is 7. The average molecular weight is 574 g/mol. The highest BCUT2D eigenvalue weighted by Crippen LogP contribution is 2.77. The lowest BCUT2D eigenvalue weighted by Crippen LogP contribution is -2.68. The van der Waals surface area contributed by atoms with E-state index >= 15 is 0 Å². The van der Waals surface area contributed by atoms with Crippen LogP contribution < -0.4 is 5.32 Å². The van der Waals surface area contributed by atoms with Gasteiger partial charge in [-0.15, -0.1) is 0 Å². The maximum absolute atomic E-state index is 14.7. The largest absolute Gasteiger partial charge is 0.393 e. The summed E-state index contributed by atoms with van der Waals surface area (Å²) in [5, 5.41) is 14.3. The van der Waals surface area contributed by atoms with Crippen LogP contribution in [0.4, 0.5) is 5.69 Å². The highest BCUT2D eigenvalue weighted by Gasteiger charge is 2.72. The molecule has 9 atom stereocenters. The van der Waals surface area contributed by atoms with E-state index in [0.29, 0.717) is 11.7 Å². The number of rotatable bonds is 2. The summed E-state index contributed by atoms with van der Waals surface area (Å²) in [6, 6.07) is 8.08. The first-order valence-electron chi connectivity index (χ1n) is 16.7. The van der Waals surface area contributed by atoms with Crippen LogP contribution in [-0.4, -0.2) is 22.9 Å². The van der Waals surface area contributed by atoms with Crippen LogP contribution in [0.2, 0.25) is 0 Å². The number of carbonyl (C=O) groups is 2. The molecule has 5 aliphatic rings. The van der Waals surface area contributed by atoms with E-state index in [0.717, 1.165) is 63.5 Å². The van der Waals surface area contributed by atoms with Gasteiger partial charge in [-0.3, -0.25) is 9.59 Å². The van der Waals surface area contributed by atoms with Gasteiger partial charge in [-0.2, -0.15) is 0 Å². The fraction of sp³-hybridized carbons (Fsp3) is 0.737. The molecular weight excluding hydrogens is 518 g/mol. The predicted molar refractivity (Wildman–Crippen MR) is 170 cm³/mol. The summed E-state index contributed by atoms with van der Waals surface area (Å²) in [7, 11) is 0. The number of hydrogen-bond acceptors (Lipinski definition) is 3. The summed E-state index contributed by atoms with van der Waals surface area (Å²) in [6.45, 7) is 20.8. The molecule has 0 aliphatic heterocycles. The first kappa shape index (κ1) is 30.1. The number of allylic oxidation sites excluding steroid dienone is 2. The van der Waals surface area contributed by atoms with E-state index in [1.165, 1.54) is 11.1 Å². The second-order valence-corrected chi connectivity index (χ2v) is 17.6. The minimum absolute atomic E-state index is 0.0305. The number of aryl methyl sites for hydroxylation is 1. The monoisotopic (exact) mass is 573 g/mol. The van der Waals surface area contributed by atoms with Gasteiger partial charge in [0.1, 0.15) is 0 Å². The molecule has 5 aliphatic carbocycles. The summed E-state index contributed by atoms with van der Waals surface area (Å²) < 4.78 is 0. The van der Waals surface area contributed by atoms with Crippen molar-refractivity contribution in [2.75, 3.05) is 5.32 Å². The lowest BCUT2D eigenvalue weighted by Gasteiger charge is -2.72. The number of nitrogens with one attached hydrogen (secondary N) is 1. The molecule has 6 rings (SSSR count). The lowest BCUT2D eigenvalue weighted by molar-refractivity contribution is -0.207. The Morgan fingerprint density at radius 2 is 1.48 bits per heavy atom. The van der Waals surface area contributed by atoms with Crippen molar-refractivity contribution in [1.82, 2.24) is 0 Å². The van der Waals surface area contributed by atoms with E-state index in [1.54, 1.807) is 0 Å². The summed E-state index contributed by atoms with van der Waals surface area (Å²) >= 11 is 0. The van der Waals surface area contributed by atoms with E-state index in [-0.39, 0.29) is 50.4 Å². The topological polar surface area (TPSA) is 66.4 Å². The number of anilines is 1. The van der Waals surface area contributed by atoms with Crippen LogP contribution in [0, 0.1) is 56.7 Å². The van der Waals surface area contributed by atoms with E-state index in [4.69, 9.17) is 0 Å². The normalized spacial score (nSPS) is 47.7. The standard InChI is InChI=1S/C38H55NO3/c1-24-10-12-25(13-11-24)39-31(42)33(4)18-19-34(5)20-21-36(7)28(38(34,9)23-33)22-26(40)30-35(6)16-15-29(41)32(2,3)27(35)14-17-37(30,36)8/h10-13,22,27,29-30,41H,14-21,23H2,1-9H3,(H,39,42)/t27-,29-,30-,33-,34+,35-,36+,37-,38-/m0/s1. The van der Waals surface area contributed by atoms with E-state index in [9.17, 15) is 14.7 Å². The van der Waals surface area contributed by atoms with E-state index < -0.39 is 5.41 Å². The fourth-order valence-corrected chi connectivity index (χ4v) is 11.9. The van der Waals surface area contributed by atoms with Gasteiger partial charge in [0.2, 0.25) is 5.91 Å². The first-order valence-corrected chi connectivity index (χ1v) is 16.7. The molecule has 1 aromatic rings. The van der Waals surface area contributed by atoms with Gasteiger partial charge in [-0.05, 0) is 121 Å². The van der Waals surface area contributed by atoms with Crippen LogP contribution in [-0.2, 0) is 9.59 Å². The van der Waals surface area contributed by atoms with Crippen molar-refractivity contribution in [3.8, 4) is 0 Å². The van der Waals surface area contributed by atoms with Gasteiger partial charge >= 0.3 is 0 Å². The lowest BCUT2D eigenvalue weighted by atomic mass is 9.31. The second kappa shape index (κ2) is 9.05. The number of amides is 1. The van der Waals surface area contributed by atoms with Crippen LogP contribution in [0.3, 0.4) is 0 Å². The van der Waals surface area contributed by atoms with Crippen molar-refractivity contribution in [3.05, 3.63) is 41.5 Å². The number of hydrogen-bond donors (Lipinski definition) is 2. The first-order chi connectivity index (χ1) is 19.4. The average Bonchev–Trinajstić information content (AvgIpc) is 2.90. The van der Waals surface area contributed by atoms with Gasteiger partial charge in [-0.25, -0.2) is 0 Å². The van der Waals surface area contributed by atoms with Crippen LogP contribution in [0.15, 0.2) is 35.9 Å². The highest BCUT2D eigenvalue weighted by atomic mass is 16.3. The molecule has 0 heterocycles. The Morgan fingerprint density at radius 3 is 2.14 bits per heavy atom. The van der Waals surface area contributed by atoms with Gasteiger partial charge in [0.15, 0.2) is 5.78 Å². The van der Waals surface area contributed by atoms with Gasteiger partial charge in [-0.1, -0.05) is 78.7 Å². The minimum atomic E-state index is -0.508. The molecule has 4 saturated carbocycles. The number of aliphatic hydroxyl groups excluding tert-OH is 1. The number of carbonyl (C=O) groups excluding carboxylic acids is 2. The molecule has 4 fully saturated rings. The van der Waals surface area contributed by atoms with E-state index in [2.05, 4.69) is 73.7 Å². The molecule has 0 radical (unpaired) electrons. The molecule has 0 aromatic heterocycles. The molecule has 1 aromatic carbocycles. The Morgan fingerprint density at radius 1 is 0.833 bits per heavy atom. The molecule has 0 bridgehead atoms. The Labute approximate surface area is 254 Å². The summed E-state index contributed by atoms with van der Waals surface area (Å²) in [5.41, 5.74) is 2.14. The van der Waals surface area contributed by atoms with Crippen molar-refractivity contribution < 1.29 is 14.7 Å². The number of ketones is 1. The second-order valence-electron chi connectivity index (χ2n) is 17.6. The van der Waals surface area contributed by atoms with Crippen molar-refractivity contribution in [1.29, 1.82) is 0 Å². The molecule has 4 nitrogen and oxygen atoms in total. The third-order valence-corrected chi connectivity index (χ3v) is 15.1. The van der Waals surface area contributed by atoms with E-state index in [1.807, 2.05) is 24.3 Å². The van der Waals surface area contributed by atoms with Crippen LogP contribution in [0.1, 0.15) is 119 Å². The fourth-order valence-electron chi connectivity index (χ4n) is 11.9. The maximum atomic E-state index is 14.7. The summed E-state index contributed by atoms with van der Waals surface area (Å²) in [4.78, 5) is 28.6. The van der Waals surface area contributed by atoms with Crippen molar-refractivity contribution >= 4 is 17.4 Å². The van der Waals surface area contributed by atoms with Gasteiger partial charge in [0, 0.05) is 17.0 Å². The molecule has 0 unspecified atom stereocenters. The molecule has 0 spiro atoms.